The molecule has 31 heavy (non-hydrogen) atoms. The number of esters is 1. The van der Waals surface area contributed by atoms with Crippen molar-refractivity contribution in [2.75, 3.05) is 0 Å². The van der Waals surface area contributed by atoms with Gasteiger partial charge in [0.05, 0.1) is 19.4 Å². The predicted molar refractivity (Wildman–Crippen MR) is 118 cm³/mol. The van der Waals surface area contributed by atoms with Crippen LogP contribution in [0.4, 0.5) is 0 Å². The number of nitrogens with zero attached hydrogens (tertiary/aromatic N) is 1. The Morgan fingerprint density at radius 2 is 1.71 bits per heavy atom. The summed E-state index contributed by atoms with van der Waals surface area (Å²) in [6.45, 7) is 1.09. The van der Waals surface area contributed by atoms with Gasteiger partial charge in [-0.2, -0.15) is 5.10 Å². The third-order valence-corrected chi connectivity index (χ3v) is 4.69. The van der Waals surface area contributed by atoms with Gasteiger partial charge >= 0.3 is 5.97 Å². The first-order chi connectivity index (χ1) is 15.2. The van der Waals surface area contributed by atoms with E-state index in [0.29, 0.717) is 30.1 Å². The minimum absolute atomic E-state index is 0.328. The molecule has 1 aliphatic heterocycles. The van der Waals surface area contributed by atoms with Gasteiger partial charge in [-0.05, 0) is 47.0 Å². The number of benzene rings is 3. The van der Waals surface area contributed by atoms with Crippen LogP contribution in [0.15, 0.2) is 84.0 Å². The maximum Gasteiger partial charge on any atom is 0.336 e. The molecule has 1 amide bonds. The van der Waals surface area contributed by atoms with E-state index in [2.05, 4.69) is 10.5 Å². The van der Waals surface area contributed by atoms with Gasteiger partial charge in [0.1, 0.15) is 5.75 Å². The number of ether oxygens (including phenoxy) is 2. The molecule has 0 aliphatic carbocycles. The Balaban J connectivity index is 1.39. The van der Waals surface area contributed by atoms with E-state index in [1.54, 1.807) is 36.4 Å². The first-order valence-electron chi connectivity index (χ1n) is 9.76. The number of amides is 1. The van der Waals surface area contributed by atoms with Crippen molar-refractivity contribution in [2.24, 2.45) is 5.10 Å². The maximum atomic E-state index is 12.4. The molecule has 0 atom stereocenters. The quantitative estimate of drug-likeness (QED) is 0.217. The number of rotatable bonds is 6. The number of carbonyl (C=O) groups excluding carboxylic acids is 2. The number of hydrogen-bond acceptors (Lipinski definition) is 5. The SMILES string of the molecule is O=C(/C=C/c1ccccc1)Oc1ccccc1C=NNC(=O)c1ccc2c(c1)COC2. The first-order valence-corrected chi connectivity index (χ1v) is 9.76. The van der Waals surface area contributed by atoms with E-state index in [-0.39, 0.29) is 5.91 Å². The third kappa shape index (κ3) is 5.32. The lowest BCUT2D eigenvalue weighted by atomic mass is 10.1. The number of fused-ring (bicyclic) bond motifs is 1. The predicted octanol–water partition coefficient (Wildman–Crippen LogP) is 4.10. The van der Waals surface area contributed by atoms with Gasteiger partial charge in [0.25, 0.3) is 5.91 Å². The molecule has 1 N–H and O–H groups in total. The number of para-hydroxylation sites is 1. The molecule has 0 saturated heterocycles. The summed E-state index contributed by atoms with van der Waals surface area (Å²) in [5.74, 6) is -0.488. The summed E-state index contributed by atoms with van der Waals surface area (Å²) < 4.78 is 10.8. The molecule has 0 saturated carbocycles. The summed E-state index contributed by atoms with van der Waals surface area (Å²) in [4.78, 5) is 24.5. The molecule has 1 heterocycles. The fourth-order valence-electron chi connectivity index (χ4n) is 3.09. The number of hydrazone groups is 1. The fourth-order valence-corrected chi connectivity index (χ4v) is 3.09. The van der Waals surface area contributed by atoms with Crippen molar-refractivity contribution in [2.45, 2.75) is 13.2 Å². The van der Waals surface area contributed by atoms with Crippen molar-refractivity contribution in [3.05, 3.63) is 107 Å². The van der Waals surface area contributed by atoms with Crippen LogP contribution in [0.1, 0.15) is 32.6 Å². The lowest BCUT2D eigenvalue weighted by Gasteiger charge is -2.05. The molecule has 0 bridgehead atoms. The first kappa shape index (κ1) is 20.3. The molecule has 0 spiro atoms. The maximum absolute atomic E-state index is 12.4. The summed E-state index contributed by atoms with van der Waals surface area (Å²) in [6.07, 6.45) is 4.49. The number of nitrogens with one attached hydrogen (secondary N) is 1. The molecule has 6 nitrogen and oxygen atoms in total. The zero-order valence-corrected chi connectivity index (χ0v) is 16.7. The largest absolute Gasteiger partial charge is 0.423 e. The summed E-state index contributed by atoms with van der Waals surface area (Å²) >= 11 is 0. The van der Waals surface area contributed by atoms with Crippen LogP contribution in [0.3, 0.4) is 0 Å². The van der Waals surface area contributed by atoms with Crippen LogP contribution in [-0.2, 0) is 22.7 Å². The minimum Gasteiger partial charge on any atom is -0.423 e. The van der Waals surface area contributed by atoms with Gasteiger partial charge in [0, 0.05) is 17.2 Å². The Morgan fingerprint density at radius 1 is 0.935 bits per heavy atom. The van der Waals surface area contributed by atoms with E-state index in [9.17, 15) is 9.59 Å². The molecule has 4 rings (SSSR count). The van der Waals surface area contributed by atoms with E-state index in [1.807, 2.05) is 42.5 Å². The fraction of sp³-hybridized carbons (Fsp3) is 0.0800. The summed E-state index contributed by atoms with van der Waals surface area (Å²) in [5.41, 5.74) is 6.57. The zero-order valence-electron chi connectivity index (χ0n) is 16.7. The molecule has 1 aliphatic rings. The van der Waals surface area contributed by atoms with Crippen molar-refractivity contribution in [1.82, 2.24) is 5.43 Å². The highest BCUT2D eigenvalue weighted by molar-refractivity contribution is 5.96. The highest BCUT2D eigenvalue weighted by Crippen LogP contribution is 2.21. The molecular formula is C25H20N2O4. The highest BCUT2D eigenvalue weighted by Gasteiger charge is 2.14. The van der Waals surface area contributed by atoms with Gasteiger partial charge in [-0.25, -0.2) is 10.2 Å². The normalized spacial score (nSPS) is 12.8. The van der Waals surface area contributed by atoms with Gasteiger partial charge in [-0.1, -0.05) is 48.5 Å². The van der Waals surface area contributed by atoms with Crippen molar-refractivity contribution < 1.29 is 19.1 Å². The summed E-state index contributed by atoms with van der Waals surface area (Å²) in [7, 11) is 0. The van der Waals surface area contributed by atoms with Crippen LogP contribution in [0, 0.1) is 0 Å². The Morgan fingerprint density at radius 3 is 2.58 bits per heavy atom. The number of hydrogen-bond donors (Lipinski definition) is 1. The van der Waals surface area contributed by atoms with Gasteiger partial charge in [0.15, 0.2) is 0 Å². The van der Waals surface area contributed by atoms with E-state index in [4.69, 9.17) is 9.47 Å². The Labute approximate surface area is 179 Å². The van der Waals surface area contributed by atoms with Crippen molar-refractivity contribution >= 4 is 24.2 Å². The van der Waals surface area contributed by atoms with Crippen LogP contribution in [-0.4, -0.2) is 18.1 Å². The van der Waals surface area contributed by atoms with Crippen molar-refractivity contribution in [1.29, 1.82) is 0 Å². The van der Waals surface area contributed by atoms with Crippen LogP contribution < -0.4 is 10.2 Å². The molecule has 154 valence electrons. The number of carbonyl (C=O) groups is 2. The van der Waals surface area contributed by atoms with E-state index in [1.165, 1.54) is 12.3 Å². The smallest absolute Gasteiger partial charge is 0.336 e. The Kier molecular flexibility index (Phi) is 6.30. The topological polar surface area (TPSA) is 77.0 Å². The van der Waals surface area contributed by atoms with Crippen LogP contribution in [0.5, 0.6) is 5.75 Å². The standard InChI is InChI=1S/C25H20N2O4/c28-24(13-10-18-6-2-1-3-7-18)31-23-9-5-4-8-20(23)15-26-27-25(29)19-11-12-21-16-30-17-22(21)14-19/h1-15H,16-17H2,(H,27,29)/b13-10+,26-15?. The molecule has 0 aromatic heterocycles. The zero-order chi connectivity index (χ0) is 21.5. The van der Waals surface area contributed by atoms with Crippen LogP contribution in [0.2, 0.25) is 0 Å². The van der Waals surface area contributed by atoms with Gasteiger partial charge in [0.2, 0.25) is 0 Å². The second kappa shape index (κ2) is 9.65. The molecule has 6 heteroatoms. The summed E-state index contributed by atoms with van der Waals surface area (Å²) in [6, 6.07) is 21.9. The van der Waals surface area contributed by atoms with Gasteiger partial charge in [-0.3, -0.25) is 4.79 Å². The Hall–Kier alpha value is -4.03. The highest BCUT2D eigenvalue weighted by atomic mass is 16.5. The van der Waals surface area contributed by atoms with E-state index < -0.39 is 5.97 Å². The minimum atomic E-state index is -0.505. The molecular weight excluding hydrogens is 392 g/mol. The molecule has 0 unspecified atom stereocenters. The van der Waals surface area contributed by atoms with E-state index >= 15 is 0 Å². The second-order valence-corrected chi connectivity index (χ2v) is 6.88. The van der Waals surface area contributed by atoms with Crippen LogP contribution >= 0.6 is 0 Å². The molecule has 3 aromatic carbocycles. The Bertz CT molecular complexity index is 1150. The molecule has 0 fully saturated rings. The van der Waals surface area contributed by atoms with E-state index in [0.717, 1.165) is 16.7 Å². The molecule has 0 radical (unpaired) electrons. The van der Waals surface area contributed by atoms with Crippen molar-refractivity contribution in [3.63, 3.8) is 0 Å². The second-order valence-electron chi connectivity index (χ2n) is 6.88. The van der Waals surface area contributed by atoms with Gasteiger partial charge < -0.3 is 9.47 Å². The lowest BCUT2D eigenvalue weighted by Crippen LogP contribution is -2.18. The third-order valence-electron chi connectivity index (χ3n) is 4.69. The van der Waals surface area contributed by atoms with Crippen molar-refractivity contribution in [3.8, 4) is 5.75 Å². The lowest BCUT2D eigenvalue weighted by molar-refractivity contribution is -0.128. The monoisotopic (exact) mass is 412 g/mol. The molecule has 3 aromatic rings. The van der Waals surface area contributed by atoms with Gasteiger partial charge in [-0.15, -0.1) is 0 Å². The van der Waals surface area contributed by atoms with Crippen LogP contribution in [0.25, 0.3) is 6.08 Å². The average Bonchev–Trinajstić information content (AvgIpc) is 3.27. The average molecular weight is 412 g/mol. The summed E-state index contributed by atoms with van der Waals surface area (Å²) in [5, 5.41) is 4.01.